The minimum Gasteiger partial charge on any atom is -0.363 e. The molecule has 0 spiro atoms. The molecule has 1 aromatic heterocycles. The van der Waals surface area contributed by atoms with Crippen LogP contribution < -0.4 is 5.32 Å². The van der Waals surface area contributed by atoms with E-state index >= 15 is 0 Å². The second-order valence-corrected chi connectivity index (χ2v) is 4.24. The Morgan fingerprint density at radius 3 is 2.86 bits per heavy atom. The van der Waals surface area contributed by atoms with E-state index in [0.717, 1.165) is 12.2 Å². The van der Waals surface area contributed by atoms with Crippen molar-refractivity contribution in [1.82, 2.24) is 9.97 Å². The van der Waals surface area contributed by atoms with Crippen molar-refractivity contribution in [2.24, 2.45) is 0 Å². The summed E-state index contributed by atoms with van der Waals surface area (Å²) in [5.74, 6) is 0.767. The number of halogens is 1. The molecule has 1 heterocycles. The largest absolute Gasteiger partial charge is 0.363 e. The van der Waals surface area contributed by atoms with E-state index < -0.39 is 0 Å². The average molecular weight is 212 g/mol. The van der Waals surface area contributed by atoms with Gasteiger partial charge < -0.3 is 5.32 Å². The molecule has 0 amide bonds. The van der Waals surface area contributed by atoms with Crippen molar-refractivity contribution >= 4 is 17.4 Å². The number of anilines is 1. The highest BCUT2D eigenvalue weighted by molar-refractivity contribution is 6.32. The molecule has 1 saturated carbocycles. The molecule has 0 aliphatic heterocycles. The van der Waals surface area contributed by atoms with Crippen molar-refractivity contribution in [3.8, 4) is 0 Å². The topological polar surface area (TPSA) is 37.8 Å². The molecule has 1 fully saturated rings. The van der Waals surface area contributed by atoms with Gasteiger partial charge in [0.15, 0.2) is 0 Å². The van der Waals surface area contributed by atoms with Crippen LogP contribution in [-0.2, 0) is 0 Å². The number of hydrogen-bond donors (Lipinski definition) is 1. The van der Waals surface area contributed by atoms with Crippen molar-refractivity contribution in [1.29, 1.82) is 0 Å². The van der Waals surface area contributed by atoms with E-state index in [9.17, 15) is 0 Å². The molecular weight excluding hydrogens is 198 g/mol. The maximum atomic E-state index is 5.98. The molecule has 1 aliphatic carbocycles. The van der Waals surface area contributed by atoms with Gasteiger partial charge in [-0.2, -0.15) is 0 Å². The quantitative estimate of drug-likeness (QED) is 0.836. The Bertz CT molecular complexity index is 317. The van der Waals surface area contributed by atoms with Crippen LogP contribution in [0, 0.1) is 0 Å². The molecule has 76 valence electrons. The molecule has 0 aromatic carbocycles. The molecule has 1 N–H and O–H groups in total. The van der Waals surface area contributed by atoms with E-state index in [1.165, 1.54) is 25.6 Å². The molecule has 4 heteroatoms. The molecule has 0 saturated heterocycles. The molecule has 3 nitrogen and oxygen atoms in total. The third-order valence-electron chi connectivity index (χ3n) is 3.04. The molecule has 1 aliphatic rings. The lowest BCUT2D eigenvalue weighted by Crippen LogP contribution is -2.44. The standard InChI is InChI=1S/C10H14ClN3/c1-2-10(4-3-5-10)14-9-8(11)6-12-7-13-9/h6-7H,2-5H2,1H3,(H,12,13,14). The van der Waals surface area contributed by atoms with Crippen LogP contribution in [0.2, 0.25) is 5.02 Å². The Hall–Kier alpha value is -0.830. The fourth-order valence-corrected chi connectivity index (χ4v) is 1.98. The van der Waals surface area contributed by atoms with E-state index in [4.69, 9.17) is 11.6 Å². The molecule has 0 bridgehead atoms. The van der Waals surface area contributed by atoms with Gasteiger partial charge in [-0.15, -0.1) is 0 Å². The van der Waals surface area contributed by atoms with Crippen LogP contribution in [0.4, 0.5) is 5.82 Å². The van der Waals surface area contributed by atoms with Crippen LogP contribution >= 0.6 is 11.6 Å². The molecule has 14 heavy (non-hydrogen) atoms. The van der Waals surface area contributed by atoms with Gasteiger partial charge in [0.1, 0.15) is 17.2 Å². The highest BCUT2D eigenvalue weighted by Crippen LogP contribution is 2.38. The van der Waals surface area contributed by atoms with Crippen LogP contribution in [0.3, 0.4) is 0 Å². The third-order valence-corrected chi connectivity index (χ3v) is 3.32. The van der Waals surface area contributed by atoms with Crippen LogP contribution in [0.1, 0.15) is 32.6 Å². The van der Waals surface area contributed by atoms with Crippen molar-refractivity contribution < 1.29 is 0 Å². The van der Waals surface area contributed by atoms with Crippen LogP contribution in [0.15, 0.2) is 12.5 Å². The van der Waals surface area contributed by atoms with Gasteiger partial charge in [-0.1, -0.05) is 18.5 Å². The fraction of sp³-hybridized carbons (Fsp3) is 0.600. The predicted molar refractivity (Wildman–Crippen MR) is 57.5 cm³/mol. The SMILES string of the molecule is CCC1(Nc2ncncc2Cl)CCC1. The predicted octanol–water partition coefficient (Wildman–Crippen LogP) is 2.87. The number of rotatable bonds is 3. The van der Waals surface area contributed by atoms with Crippen molar-refractivity contribution in [3.63, 3.8) is 0 Å². The first kappa shape index (κ1) is 9.71. The summed E-state index contributed by atoms with van der Waals surface area (Å²) < 4.78 is 0. The fourth-order valence-electron chi connectivity index (χ4n) is 1.83. The number of nitrogens with one attached hydrogen (secondary N) is 1. The maximum absolute atomic E-state index is 5.98. The summed E-state index contributed by atoms with van der Waals surface area (Å²) in [7, 11) is 0. The van der Waals surface area contributed by atoms with Crippen molar-refractivity contribution in [2.75, 3.05) is 5.32 Å². The van der Waals surface area contributed by atoms with E-state index in [0.29, 0.717) is 5.02 Å². The van der Waals surface area contributed by atoms with Crippen LogP contribution in [0.25, 0.3) is 0 Å². The Kier molecular flexibility index (Phi) is 2.59. The maximum Gasteiger partial charge on any atom is 0.148 e. The summed E-state index contributed by atoms with van der Waals surface area (Å²) in [4.78, 5) is 8.00. The van der Waals surface area contributed by atoms with Gasteiger partial charge in [0, 0.05) is 5.54 Å². The van der Waals surface area contributed by atoms with E-state index in [1.54, 1.807) is 6.20 Å². The minimum atomic E-state index is 0.234. The molecule has 0 atom stereocenters. The summed E-state index contributed by atoms with van der Waals surface area (Å²) in [6, 6.07) is 0. The van der Waals surface area contributed by atoms with Gasteiger partial charge in [-0.3, -0.25) is 0 Å². The molecule has 2 rings (SSSR count). The summed E-state index contributed by atoms with van der Waals surface area (Å²) in [5.41, 5.74) is 0.234. The Labute approximate surface area is 88.9 Å². The summed E-state index contributed by atoms with van der Waals surface area (Å²) in [5, 5.41) is 4.03. The van der Waals surface area contributed by atoms with E-state index in [2.05, 4.69) is 22.2 Å². The first-order valence-corrected chi connectivity index (χ1v) is 5.37. The molecule has 0 unspecified atom stereocenters. The average Bonchev–Trinajstić information content (AvgIpc) is 2.14. The normalized spacial score (nSPS) is 18.7. The molecular formula is C10H14ClN3. The lowest BCUT2D eigenvalue weighted by atomic mass is 9.75. The van der Waals surface area contributed by atoms with Gasteiger partial charge in [0.05, 0.1) is 6.20 Å². The lowest BCUT2D eigenvalue weighted by Gasteiger charge is -2.42. The molecule has 1 aromatic rings. The zero-order valence-corrected chi connectivity index (χ0v) is 9.01. The molecule has 0 radical (unpaired) electrons. The van der Waals surface area contributed by atoms with Gasteiger partial charge in [-0.05, 0) is 25.7 Å². The first-order valence-electron chi connectivity index (χ1n) is 4.99. The second-order valence-electron chi connectivity index (χ2n) is 3.83. The highest BCUT2D eigenvalue weighted by Gasteiger charge is 2.35. The number of nitrogens with zero attached hydrogens (tertiary/aromatic N) is 2. The summed E-state index contributed by atoms with van der Waals surface area (Å²) in [6.07, 6.45) is 7.99. The number of hydrogen-bond acceptors (Lipinski definition) is 3. The van der Waals surface area contributed by atoms with Gasteiger partial charge >= 0.3 is 0 Å². The monoisotopic (exact) mass is 211 g/mol. The van der Waals surface area contributed by atoms with E-state index in [-0.39, 0.29) is 5.54 Å². The van der Waals surface area contributed by atoms with Crippen molar-refractivity contribution in [3.05, 3.63) is 17.5 Å². The Morgan fingerprint density at radius 2 is 2.36 bits per heavy atom. The van der Waals surface area contributed by atoms with Crippen LogP contribution in [-0.4, -0.2) is 15.5 Å². The van der Waals surface area contributed by atoms with Gasteiger partial charge in [0.2, 0.25) is 0 Å². The minimum absolute atomic E-state index is 0.234. The van der Waals surface area contributed by atoms with Crippen LogP contribution in [0.5, 0.6) is 0 Å². The lowest BCUT2D eigenvalue weighted by molar-refractivity contribution is 0.269. The number of aromatic nitrogens is 2. The summed E-state index contributed by atoms with van der Waals surface area (Å²) >= 11 is 5.98. The third kappa shape index (κ3) is 1.69. The zero-order valence-electron chi connectivity index (χ0n) is 8.26. The Balaban J connectivity index is 2.13. The smallest absolute Gasteiger partial charge is 0.148 e. The van der Waals surface area contributed by atoms with Crippen molar-refractivity contribution in [2.45, 2.75) is 38.1 Å². The zero-order chi connectivity index (χ0) is 10.0. The van der Waals surface area contributed by atoms with Gasteiger partial charge in [-0.25, -0.2) is 9.97 Å². The second kappa shape index (κ2) is 3.73. The van der Waals surface area contributed by atoms with Gasteiger partial charge in [0.25, 0.3) is 0 Å². The van der Waals surface area contributed by atoms with E-state index in [1.807, 2.05) is 0 Å². The summed E-state index contributed by atoms with van der Waals surface area (Å²) in [6.45, 7) is 2.20. The first-order chi connectivity index (χ1) is 6.76. The highest BCUT2D eigenvalue weighted by atomic mass is 35.5. The Morgan fingerprint density at radius 1 is 1.57 bits per heavy atom.